The van der Waals surface area contributed by atoms with E-state index in [1.165, 1.54) is 0 Å². The van der Waals surface area contributed by atoms with Gasteiger partial charge in [0.15, 0.2) is 0 Å². The van der Waals surface area contributed by atoms with E-state index in [2.05, 4.69) is 0 Å². The molecule has 0 aliphatic carbocycles. The Morgan fingerprint density at radius 1 is 1.00 bits per heavy atom. The Bertz CT molecular complexity index is 588. The van der Waals surface area contributed by atoms with Crippen LogP contribution in [0, 0.1) is 6.92 Å². The molecule has 0 fully saturated rings. The summed E-state index contributed by atoms with van der Waals surface area (Å²) in [5.41, 5.74) is 2.31. The van der Waals surface area contributed by atoms with Crippen LogP contribution in [-0.2, 0) is 12.8 Å². The van der Waals surface area contributed by atoms with Crippen LogP contribution in [0.4, 0.5) is 0 Å². The molecule has 1 N–H and O–H groups in total. The van der Waals surface area contributed by atoms with E-state index >= 15 is 0 Å². The van der Waals surface area contributed by atoms with Gasteiger partial charge in [-0.15, -0.1) is 0 Å². The Morgan fingerprint density at radius 2 is 1.65 bits per heavy atom. The highest BCUT2D eigenvalue weighted by Gasteiger charge is 2.22. The minimum atomic E-state index is -0.841. The van der Waals surface area contributed by atoms with Crippen molar-refractivity contribution < 1.29 is 5.11 Å². The van der Waals surface area contributed by atoms with E-state index in [1.807, 2.05) is 56.3 Å². The van der Waals surface area contributed by atoms with Crippen molar-refractivity contribution in [1.29, 1.82) is 0 Å². The summed E-state index contributed by atoms with van der Waals surface area (Å²) in [4.78, 5) is 0. The van der Waals surface area contributed by atoms with Gasteiger partial charge in [0, 0.05) is 22.9 Å². The normalized spacial score (nSPS) is 14.1. The van der Waals surface area contributed by atoms with Crippen LogP contribution < -0.4 is 0 Å². The first-order chi connectivity index (χ1) is 9.35. The molecule has 0 saturated carbocycles. The molecule has 2 aromatic carbocycles. The van der Waals surface area contributed by atoms with Crippen molar-refractivity contribution in [3.8, 4) is 0 Å². The number of benzene rings is 2. The van der Waals surface area contributed by atoms with Gasteiger partial charge in [0.05, 0.1) is 5.60 Å². The number of hydrogen-bond donors (Lipinski definition) is 1. The Kier molecular flexibility index (Phi) is 4.74. The molecular formula is C17H18Cl2O. The average Bonchev–Trinajstić information content (AvgIpc) is 2.35. The molecule has 1 unspecified atom stereocenters. The quantitative estimate of drug-likeness (QED) is 0.857. The zero-order valence-corrected chi connectivity index (χ0v) is 13.2. The van der Waals surface area contributed by atoms with E-state index < -0.39 is 5.60 Å². The van der Waals surface area contributed by atoms with E-state index in [0.717, 1.165) is 16.7 Å². The minimum Gasteiger partial charge on any atom is -0.389 e. The van der Waals surface area contributed by atoms with Crippen LogP contribution >= 0.6 is 23.2 Å². The summed E-state index contributed by atoms with van der Waals surface area (Å²) in [6.07, 6.45) is 1.09. The molecule has 106 valence electrons. The van der Waals surface area contributed by atoms with E-state index in [-0.39, 0.29) is 0 Å². The Morgan fingerprint density at radius 3 is 2.25 bits per heavy atom. The van der Waals surface area contributed by atoms with Gasteiger partial charge in [-0.3, -0.25) is 0 Å². The zero-order chi connectivity index (χ0) is 14.8. The van der Waals surface area contributed by atoms with Crippen molar-refractivity contribution >= 4 is 23.2 Å². The third kappa shape index (κ3) is 4.24. The highest BCUT2D eigenvalue weighted by atomic mass is 35.5. The van der Waals surface area contributed by atoms with Crippen molar-refractivity contribution in [2.45, 2.75) is 32.3 Å². The van der Waals surface area contributed by atoms with E-state index in [0.29, 0.717) is 22.9 Å². The average molecular weight is 309 g/mol. The molecule has 0 spiro atoms. The van der Waals surface area contributed by atoms with Crippen molar-refractivity contribution in [3.63, 3.8) is 0 Å². The Labute approximate surface area is 130 Å². The topological polar surface area (TPSA) is 20.2 Å². The van der Waals surface area contributed by atoms with Crippen molar-refractivity contribution in [1.82, 2.24) is 0 Å². The lowest BCUT2D eigenvalue weighted by molar-refractivity contribution is 0.0608. The van der Waals surface area contributed by atoms with Gasteiger partial charge in [-0.25, -0.2) is 0 Å². The van der Waals surface area contributed by atoms with Gasteiger partial charge in [0.2, 0.25) is 0 Å². The zero-order valence-electron chi connectivity index (χ0n) is 11.7. The molecule has 1 atom stereocenters. The van der Waals surface area contributed by atoms with Crippen molar-refractivity contribution in [3.05, 3.63) is 69.2 Å². The molecular weight excluding hydrogens is 291 g/mol. The maximum Gasteiger partial charge on any atom is 0.0700 e. The number of aliphatic hydroxyl groups is 1. The second kappa shape index (κ2) is 6.17. The SMILES string of the molecule is Cc1ccc(CC(C)(O)Cc2ccc(Cl)cc2)c(Cl)c1. The van der Waals surface area contributed by atoms with Crippen LogP contribution in [0.2, 0.25) is 10.0 Å². The Hall–Kier alpha value is -1.02. The van der Waals surface area contributed by atoms with Gasteiger partial charge in [0.25, 0.3) is 0 Å². The summed E-state index contributed by atoms with van der Waals surface area (Å²) in [7, 11) is 0. The monoisotopic (exact) mass is 308 g/mol. The Balaban J connectivity index is 2.12. The smallest absolute Gasteiger partial charge is 0.0700 e. The lowest BCUT2D eigenvalue weighted by Gasteiger charge is -2.24. The summed E-state index contributed by atoms with van der Waals surface area (Å²) < 4.78 is 0. The molecule has 0 saturated heterocycles. The van der Waals surface area contributed by atoms with Crippen LogP contribution in [0.3, 0.4) is 0 Å². The molecule has 1 nitrogen and oxygen atoms in total. The third-order valence-electron chi connectivity index (χ3n) is 3.28. The molecule has 20 heavy (non-hydrogen) atoms. The fourth-order valence-corrected chi connectivity index (χ4v) is 2.74. The van der Waals surface area contributed by atoms with Crippen LogP contribution in [0.5, 0.6) is 0 Å². The van der Waals surface area contributed by atoms with E-state index in [1.54, 1.807) is 0 Å². The second-order valence-electron chi connectivity index (χ2n) is 5.57. The highest BCUT2D eigenvalue weighted by Crippen LogP contribution is 2.25. The lowest BCUT2D eigenvalue weighted by Crippen LogP contribution is -2.30. The summed E-state index contributed by atoms with van der Waals surface area (Å²) >= 11 is 12.1. The molecule has 0 bridgehead atoms. The van der Waals surface area contributed by atoms with Crippen molar-refractivity contribution in [2.75, 3.05) is 0 Å². The van der Waals surface area contributed by atoms with Crippen LogP contribution in [0.15, 0.2) is 42.5 Å². The number of hydrogen-bond acceptors (Lipinski definition) is 1. The fraction of sp³-hybridized carbons (Fsp3) is 0.294. The predicted octanol–water partition coefficient (Wildman–Crippen LogP) is 4.84. The van der Waals surface area contributed by atoms with Crippen LogP contribution in [0.1, 0.15) is 23.6 Å². The molecule has 0 aromatic heterocycles. The van der Waals surface area contributed by atoms with E-state index in [9.17, 15) is 5.11 Å². The first-order valence-electron chi connectivity index (χ1n) is 6.58. The van der Waals surface area contributed by atoms with Crippen LogP contribution in [0.25, 0.3) is 0 Å². The van der Waals surface area contributed by atoms with Gasteiger partial charge in [0.1, 0.15) is 0 Å². The molecule has 2 rings (SSSR count). The van der Waals surface area contributed by atoms with Crippen molar-refractivity contribution in [2.24, 2.45) is 0 Å². The summed E-state index contributed by atoms with van der Waals surface area (Å²) in [6.45, 7) is 3.83. The standard InChI is InChI=1S/C17H18Cl2O/c1-12-3-6-14(16(19)9-12)11-17(2,20)10-13-4-7-15(18)8-5-13/h3-9,20H,10-11H2,1-2H3. The number of rotatable bonds is 4. The van der Waals surface area contributed by atoms with Gasteiger partial charge >= 0.3 is 0 Å². The molecule has 0 amide bonds. The highest BCUT2D eigenvalue weighted by molar-refractivity contribution is 6.31. The lowest BCUT2D eigenvalue weighted by atomic mass is 9.89. The van der Waals surface area contributed by atoms with E-state index in [4.69, 9.17) is 23.2 Å². The van der Waals surface area contributed by atoms with Gasteiger partial charge in [-0.1, -0.05) is 47.5 Å². The number of aryl methyl sites for hydroxylation is 1. The summed E-state index contributed by atoms with van der Waals surface area (Å²) in [5, 5.41) is 12.0. The van der Waals surface area contributed by atoms with Gasteiger partial charge < -0.3 is 5.11 Å². The number of halogens is 2. The first-order valence-corrected chi connectivity index (χ1v) is 7.33. The third-order valence-corrected chi connectivity index (χ3v) is 3.88. The molecule has 0 heterocycles. The second-order valence-corrected chi connectivity index (χ2v) is 6.42. The predicted molar refractivity (Wildman–Crippen MR) is 85.7 cm³/mol. The molecule has 0 aliphatic rings. The minimum absolute atomic E-state index is 0.523. The molecule has 2 aromatic rings. The summed E-state index contributed by atoms with van der Waals surface area (Å²) in [6, 6.07) is 13.5. The molecule has 0 aliphatic heterocycles. The molecule has 3 heteroatoms. The van der Waals surface area contributed by atoms with Gasteiger partial charge in [-0.05, 0) is 48.7 Å². The van der Waals surface area contributed by atoms with Gasteiger partial charge in [-0.2, -0.15) is 0 Å². The van der Waals surface area contributed by atoms with Crippen LogP contribution in [-0.4, -0.2) is 10.7 Å². The fourth-order valence-electron chi connectivity index (χ4n) is 2.31. The largest absolute Gasteiger partial charge is 0.389 e. The summed E-state index contributed by atoms with van der Waals surface area (Å²) in [5.74, 6) is 0. The maximum absolute atomic E-state index is 10.6. The maximum atomic E-state index is 10.6. The molecule has 0 radical (unpaired) electrons. The first kappa shape index (κ1) is 15.4.